The lowest BCUT2D eigenvalue weighted by atomic mass is 10.3. The Hall–Kier alpha value is -1.97. The van der Waals surface area contributed by atoms with E-state index in [1.807, 2.05) is 0 Å². The predicted octanol–water partition coefficient (Wildman–Crippen LogP) is 3.87. The Labute approximate surface area is 147 Å². The van der Waals surface area contributed by atoms with Crippen molar-refractivity contribution in [3.63, 3.8) is 0 Å². The predicted molar refractivity (Wildman–Crippen MR) is 89.0 cm³/mol. The zero-order valence-corrected chi connectivity index (χ0v) is 14.4. The summed E-state index contributed by atoms with van der Waals surface area (Å²) in [6.07, 6.45) is 0. The maximum Gasteiger partial charge on any atom is 0.348 e. The van der Waals surface area contributed by atoms with Crippen molar-refractivity contribution in [2.24, 2.45) is 0 Å². The lowest BCUT2D eigenvalue weighted by Gasteiger charge is -2.06. The molecule has 0 aliphatic heterocycles. The minimum Gasteiger partial charge on any atom is -0.451 e. The summed E-state index contributed by atoms with van der Waals surface area (Å²) < 4.78 is 5.62. The number of halogens is 2. The molecule has 1 heterocycles. The molecule has 23 heavy (non-hydrogen) atoms. The first kappa shape index (κ1) is 17.4. The largest absolute Gasteiger partial charge is 0.451 e. The van der Waals surface area contributed by atoms with Crippen molar-refractivity contribution in [3.8, 4) is 0 Å². The highest BCUT2D eigenvalue weighted by Gasteiger charge is 2.15. The summed E-state index contributed by atoms with van der Waals surface area (Å²) in [6, 6.07) is 7.08. The SMILES string of the molecule is O=C(COC(=O)c1ccc(Br)s1)Nc1ccc(Cl)c([N+](=O)[O-])c1. The zero-order chi connectivity index (χ0) is 17.0. The molecule has 0 atom stereocenters. The Morgan fingerprint density at radius 1 is 1.35 bits per heavy atom. The van der Waals surface area contributed by atoms with Crippen LogP contribution in [0.2, 0.25) is 5.02 Å². The number of carbonyl (C=O) groups excluding carboxylic acids is 2. The van der Waals surface area contributed by atoms with Crippen LogP contribution in [0, 0.1) is 10.1 Å². The monoisotopic (exact) mass is 418 g/mol. The van der Waals surface area contributed by atoms with Crippen molar-refractivity contribution >= 4 is 62.1 Å². The van der Waals surface area contributed by atoms with Crippen LogP contribution in [0.1, 0.15) is 9.67 Å². The molecule has 0 spiro atoms. The van der Waals surface area contributed by atoms with Crippen LogP contribution in [-0.4, -0.2) is 23.4 Å². The average molecular weight is 420 g/mol. The second-order valence-corrected chi connectivity index (χ2v) is 7.02. The third-order valence-electron chi connectivity index (χ3n) is 2.54. The number of esters is 1. The van der Waals surface area contributed by atoms with Crippen LogP contribution >= 0.6 is 38.9 Å². The van der Waals surface area contributed by atoms with E-state index in [1.165, 1.54) is 23.5 Å². The molecule has 0 aliphatic rings. The van der Waals surface area contributed by atoms with Gasteiger partial charge in [0.05, 0.1) is 8.71 Å². The molecular formula is C13H8BrClN2O5S. The Kier molecular flexibility index (Phi) is 5.69. The molecular weight excluding hydrogens is 412 g/mol. The number of ether oxygens (including phenoxy) is 1. The van der Waals surface area contributed by atoms with Gasteiger partial charge in [-0.3, -0.25) is 14.9 Å². The van der Waals surface area contributed by atoms with Crippen molar-refractivity contribution in [3.05, 3.63) is 54.1 Å². The van der Waals surface area contributed by atoms with Crippen LogP contribution in [0.4, 0.5) is 11.4 Å². The quantitative estimate of drug-likeness (QED) is 0.451. The van der Waals surface area contributed by atoms with E-state index in [1.54, 1.807) is 12.1 Å². The molecule has 0 radical (unpaired) electrons. The molecule has 0 fully saturated rings. The van der Waals surface area contributed by atoms with Gasteiger partial charge in [0.2, 0.25) is 0 Å². The fraction of sp³-hybridized carbons (Fsp3) is 0.0769. The Bertz CT molecular complexity index is 779. The first-order chi connectivity index (χ1) is 10.9. The van der Waals surface area contributed by atoms with Crippen LogP contribution in [-0.2, 0) is 9.53 Å². The Balaban J connectivity index is 1.93. The first-order valence-corrected chi connectivity index (χ1v) is 8.02. The second-order valence-electron chi connectivity index (χ2n) is 4.15. The fourth-order valence-electron chi connectivity index (χ4n) is 1.55. The van der Waals surface area contributed by atoms with E-state index in [2.05, 4.69) is 21.2 Å². The highest BCUT2D eigenvalue weighted by molar-refractivity contribution is 9.11. The van der Waals surface area contributed by atoms with Gasteiger partial charge in [-0.05, 0) is 40.2 Å². The lowest BCUT2D eigenvalue weighted by molar-refractivity contribution is -0.384. The number of anilines is 1. The molecule has 0 unspecified atom stereocenters. The van der Waals surface area contributed by atoms with Crippen molar-refractivity contribution in [2.75, 3.05) is 11.9 Å². The molecule has 1 N–H and O–H groups in total. The zero-order valence-electron chi connectivity index (χ0n) is 11.2. The summed E-state index contributed by atoms with van der Waals surface area (Å²) in [6.45, 7) is -0.509. The highest BCUT2D eigenvalue weighted by atomic mass is 79.9. The van der Waals surface area contributed by atoms with Gasteiger partial charge in [-0.1, -0.05) is 11.6 Å². The van der Waals surface area contributed by atoms with Gasteiger partial charge in [0.15, 0.2) is 6.61 Å². The maximum absolute atomic E-state index is 11.7. The van der Waals surface area contributed by atoms with Gasteiger partial charge in [0, 0.05) is 11.8 Å². The summed E-state index contributed by atoms with van der Waals surface area (Å²) in [5.74, 6) is -1.25. The number of rotatable bonds is 5. The number of nitro benzene ring substituents is 1. The van der Waals surface area contributed by atoms with Crippen molar-refractivity contribution in [1.29, 1.82) is 0 Å². The molecule has 7 nitrogen and oxygen atoms in total. The Morgan fingerprint density at radius 3 is 2.70 bits per heavy atom. The molecule has 1 aromatic heterocycles. The summed E-state index contributed by atoms with van der Waals surface area (Å²) in [5, 5.41) is 13.1. The Morgan fingerprint density at radius 2 is 2.09 bits per heavy atom. The van der Waals surface area contributed by atoms with Gasteiger partial charge < -0.3 is 10.1 Å². The number of nitrogens with zero attached hydrogens (tertiary/aromatic N) is 1. The van der Waals surface area contributed by atoms with Gasteiger partial charge in [0.1, 0.15) is 9.90 Å². The number of hydrogen-bond acceptors (Lipinski definition) is 6. The number of thiophene rings is 1. The van der Waals surface area contributed by atoms with Gasteiger partial charge in [-0.2, -0.15) is 0 Å². The van der Waals surface area contributed by atoms with E-state index in [-0.39, 0.29) is 16.4 Å². The van der Waals surface area contributed by atoms with Crippen LogP contribution < -0.4 is 5.32 Å². The molecule has 2 aromatic rings. The van der Waals surface area contributed by atoms with E-state index >= 15 is 0 Å². The minimum absolute atomic E-state index is 0.0392. The van der Waals surface area contributed by atoms with Gasteiger partial charge in [-0.15, -0.1) is 11.3 Å². The van der Waals surface area contributed by atoms with E-state index in [0.29, 0.717) is 4.88 Å². The molecule has 2 rings (SSSR count). The lowest BCUT2D eigenvalue weighted by Crippen LogP contribution is -2.20. The van der Waals surface area contributed by atoms with Gasteiger partial charge >= 0.3 is 5.97 Å². The normalized spacial score (nSPS) is 10.2. The number of amides is 1. The molecule has 0 saturated carbocycles. The van der Waals surface area contributed by atoms with E-state index in [0.717, 1.165) is 9.85 Å². The van der Waals surface area contributed by atoms with Gasteiger partial charge in [-0.25, -0.2) is 4.79 Å². The smallest absolute Gasteiger partial charge is 0.348 e. The molecule has 1 amide bonds. The number of nitrogens with one attached hydrogen (secondary N) is 1. The minimum atomic E-state index is -0.660. The van der Waals surface area contributed by atoms with E-state index in [4.69, 9.17) is 16.3 Å². The van der Waals surface area contributed by atoms with Crippen LogP contribution in [0.25, 0.3) is 0 Å². The summed E-state index contributed by atoms with van der Waals surface area (Å²) >= 11 is 10.1. The summed E-state index contributed by atoms with van der Waals surface area (Å²) in [7, 11) is 0. The molecule has 0 bridgehead atoms. The van der Waals surface area contributed by atoms with Crippen LogP contribution in [0.15, 0.2) is 34.1 Å². The topological polar surface area (TPSA) is 98.5 Å². The molecule has 10 heteroatoms. The first-order valence-electron chi connectivity index (χ1n) is 6.03. The van der Waals surface area contributed by atoms with E-state index < -0.39 is 23.4 Å². The summed E-state index contributed by atoms with van der Waals surface area (Å²) in [4.78, 5) is 33.9. The summed E-state index contributed by atoms with van der Waals surface area (Å²) in [5.41, 5.74) is -0.147. The van der Waals surface area contributed by atoms with Crippen molar-refractivity contribution < 1.29 is 19.2 Å². The van der Waals surface area contributed by atoms with Gasteiger partial charge in [0.25, 0.3) is 11.6 Å². The number of hydrogen-bond donors (Lipinski definition) is 1. The third-order valence-corrected chi connectivity index (χ3v) is 4.46. The molecule has 1 aromatic carbocycles. The number of carbonyl (C=O) groups is 2. The molecule has 120 valence electrons. The highest BCUT2D eigenvalue weighted by Crippen LogP contribution is 2.27. The molecule has 0 saturated heterocycles. The van der Waals surface area contributed by atoms with E-state index in [9.17, 15) is 19.7 Å². The standard InChI is InChI=1S/C13H8BrClN2O5S/c14-11-4-3-10(23-11)13(19)22-6-12(18)16-7-1-2-8(15)9(5-7)17(20)21/h1-5H,6H2,(H,16,18). The van der Waals surface area contributed by atoms with Crippen molar-refractivity contribution in [2.45, 2.75) is 0 Å². The van der Waals surface area contributed by atoms with Crippen molar-refractivity contribution in [1.82, 2.24) is 0 Å². The average Bonchev–Trinajstić information content (AvgIpc) is 2.93. The maximum atomic E-state index is 11.7. The number of nitro groups is 1. The number of benzene rings is 1. The van der Waals surface area contributed by atoms with Crippen LogP contribution in [0.5, 0.6) is 0 Å². The second kappa shape index (κ2) is 7.53. The fourth-order valence-corrected chi connectivity index (χ4v) is 3.02. The molecule has 0 aliphatic carbocycles. The van der Waals surface area contributed by atoms with Crippen LogP contribution in [0.3, 0.4) is 0 Å². The third kappa shape index (κ3) is 4.75.